The van der Waals surface area contributed by atoms with E-state index in [-0.39, 0.29) is 29.5 Å². The van der Waals surface area contributed by atoms with E-state index in [2.05, 4.69) is 34.6 Å². The van der Waals surface area contributed by atoms with E-state index in [1.807, 2.05) is 23.6 Å². The predicted molar refractivity (Wildman–Crippen MR) is 119 cm³/mol. The lowest BCUT2D eigenvalue weighted by Crippen LogP contribution is -2.37. The van der Waals surface area contributed by atoms with Gasteiger partial charge in [-0.25, -0.2) is 0 Å². The summed E-state index contributed by atoms with van der Waals surface area (Å²) in [6.45, 7) is 8.18. The molecule has 0 atom stereocenters. The molecule has 0 unspecified atom stereocenters. The third-order valence-electron chi connectivity index (χ3n) is 4.19. The van der Waals surface area contributed by atoms with Gasteiger partial charge in [0.1, 0.15) is 0 Å². The standard InChI is InChI=1S/C19H29N5O2.HI/c1-14(2)17-12-16(26-23-17)13-22-19(20-4)21-10-5-6-11-24-15(3)8-7-9-18(24)25;/h7-9,12,14H,5-6,10-11,13H2,1-4H3,(H2,20,21,22);1H. The van der Waals surface area contributed by atoms with Crippen LogP contribution in [0, 0.1) is 6.92 Å². The first kappa shape index (κ1) is 23.2. The van der Waals surface area contributed by atoms with Crippen LogP contribution in [0.2, 0.25) is 0 Å². The molecule has 2 aromatic heterocycles. The quantitative estimate of drug-likeness (QED) is 0.259. The number of unbranched alkanes of at least 4 members (excludes halogenated alkanes) is 1. The zero-order chi connectivity index (χ0) is 18.9. The molecular weight excluding hydrogens is 457 g/mol. The molecule has 2 aromatic rings. The Morgan fingerprint density at radius 3 is 2.70 bits per heavy atom. The van der Waals surface area contributed by atoms with Crippen LogP contribution in [0.5, 0.6) is 0 Å². The van der Waals surface area contributed by atoms with Crippen molar-refractivity contribution in [3.63, 3.8) is 0 Å². The molecule has 150 valence electrons. The van der Waals surface area contributed by atoms with Gasteiger partial charge < -0.3 is 19.7 Å². The smallest absolute Gasteiger partial charge is 0.250 e. The Labute approximate surface area is 177 Å². The maximum absolute atomic E-state index is 11.8. The summed E-state index contributed by atoms with van der Waals surface area (Å²) in [5, 5.41) is 10.5. The minimum absolute atomic E-state index is 0. The topological polar surface area (TPSA) is 84.5 Å². The number of rotatable bonds is 8. The lowest BCUT2D eigenvalue weighted by Gasteiger charge is -2.12. The molecule has 0 bridgehead atoms. The van der Waals surface area contributed by atoms with Crippen LogP contribution in [0.15, 0.2) is 38.6 Å². The van der Waals surface area contributed by atoms with Gasteiger partial charge in [-0.05, 0) is 31.7 Å². The molecule has 0 spiro atoms. The van der Waals surface area contributed by atoms with Gasteiger partial charge >= 0.3 is 0 Å². The lowest BCUT2D eigenvalue weighted by atomic mass is 10.1. The summed E-state index contributed by atoms with van der Waals surface area (Å²) in [4.78, 5) is 16.0. The minimum Gasteiger partial charge on any atom is -0.359 e. The molecule has 27 heavy (non-hydrogen) atoms. The van der Waals surface area contributed by atoms with Crippen molar-refractivity contribution < 1.29 is 4.52 Å². The first-order chi connectivity index (χ1) is 12.5. The number of pyridine rings is 1. The maximum atomic E-state index is 11.8. The molecule has 0 aliphatic rings. The van der Waals surface area contributed by atoms with Crippen molar-refractivity contribution in [2.75, 3.05) is 13.6 Å². The number of halogens is 1. The highest BCUT2D eigenvalue weighted by Gasteiger charge is 2.08. The highest BCUT2D eigenvalue weighted by molar-refractivity contribution is 14.0. The number of aryl methyl sites for hydroxylation is 1. The van der Waals surface area contributed by atoms with Crippen LogP contribution >= 0.6 is 24.0 Å². The molecule has 2 rings (SSSR count). The Morgan fingerprint density at radius 1 is 1.30 bits per heavy atom. The van der Waals surface area contributed by atoms with Crippen molar-refractivity contribution in [3.05, 3.63) is 51.8 Å². The first-order valence-electron chi connectivity index (χ1n) is 9.07. The van der Waals surface area contributed by atoms with Crippen molar-refractivity contribution in [3.8, 4) is 0 Å². The Hall–Kier alpha value is -1.84. The van der Waals surface area contributed by atoms with Gasteiger partial charge in [0.2, 0.25) is 0 Å². The Bertz CT molecular complexity index is 782. The fourth-order valence-corrected chi connectivity index (χ4v) is 2.59. The number of hydrogen-bond acceptors (Lipinski definition) is 4. The number of nitrogens with zero attached hydrogens (tertiary/aromatic N) is 3. The summed E-state index contributed by atoms with van der Waals surface area (Å²) in [7, 11) is 1.74. The van der Waals surface area contributed by atoms with Crippen molar-refractivity contribution in [1.29, 1.82) is 0 Å². The summed E-state index contributed by atoms with van der Waals surface area (Å²) in [5.41, 5.74) is 2.01. The second kappa shape index (κ2) is 11.8. The second-order valence-electron chi connectivity index (χ2n) is 6.59. The average molecular weight is 487 g/mol. The second-order valence-corrected chi connectivity index (χ2v) is 6.59. The van der Waals surface area contributed by atoms with Crippen LogP contribution in [-0.4, -0.2) is 29.3 Å². The van der Waals surface area contributed by atoms with E-state index in [0.29, 0.717) is 12.5 Å². The van der Waals surface area contributed by atoms with E-state index in [4.69, 9.17) is 4.52 Å². The number of aliphatic imine (C=N–C) groups is 1. The molecule has 0 aliphatic carbocycles. The van der Waals surface area contributed by atoms with E-state index in [1.54, 1.807) is 19.2 Å². The van der Waals surface area contributed by atoms with Crippen LogP contribution in [-0.2, 0) is 13.1 Å². The van der Waals surface area contributed by atoms with Gasteiger partial charge in [-0.1, -0.05) is 25.1 Å². The van der Waals surface area contributed by atoms with Gasteiger partial charge in [0.15, 0.2) is 11.7 Å². The molecule has 0 radical (unpaired) electrons. The van der Waals surface area contributed by atoms with Gasteiger partial charge in [-0.3, -0.25) is 9.79 Å². The third-order valence-corrected chi connectivity index (χ3v) is 4.19. The van der Waals surface area contributed by atoms with Crippen LogP contribution in [0.25, 0.3) is 0 Å². The molecular formula is C19H30IN5O2. The van der Waals surface area contributed by atoms with Crippen LogP contribution in [0.4, 0.5) is 0 Å². The Kier molecular flexibility index (Phi) is 10.1. The normalized spacial score (nSPS) is 11.4. The third kappa shape index (κ3) is 7.36. The molecule has 8 heteroatoms. The minimum atomic E-state index is 0. The fraction of sp³-hybridized carbons (Fsp3) is 0.526. The van der Waals surface area contributed by atoms with E-state index in [1.165, 1.54) is 0 Å². The van der Waals surface area contributed by atoms with Crippen LogP contribution in [0.1, 0.15) is 49.8 Å². The Balaban J connectivity index is 0.00000364. The summed E-state index contributed by atoms with van der Waals surface area (Å²) in [6, 6.07) is 7.32. The van der Waals surface area contributed by atoms with Gasteiger partial charge in [0.05, 0.1) is 12.2 Å². The van der Waals surface area contributed by atoms with Gasteiger partial charge in [-0.2, -0.15) is 0 Å². The summed E-state index contributed by atoms with van der Waals surface area (Å²) in [6.07, 6.45) is 1.87. The molecule has 0 saturated carbocycles. The molecule has 2 N–H and O–H groups in total. The molecule has 0 saturated heterocycles. The van der Waals surface area contributed by atoms with Crippen molar-refractivity contribution in [1.82, 2.24) is 20.4 Å². The van der Waals surface area contributed by atoms with Crippen molar-refractivity contribution in [2.45, 2.75) is 52.6 Å². The SMILES string of the molecule is CN=C(NCCCCn1c(C)cccc1=O)NCc1cc(C(C)C)no1.I. The average Bonchev–Trinajstić information content (AvgIpc) is 3.09. The van der Waals surface area contributed by atoms with E-state index >= 15 is 0 Å². The molecule has 0 aromatic carbocycles. The van der Waals surface area contributed by atoms with Crippen molar-refractivity contribution >= 4 is 29.9 Å². The summed E-state index contributed by atoms with van der Waals surface area (Å²) in [5.74, 6) is 1.86. The van der Waals surface area contributed by atoms with Crippen molar-refractivity contribution in [2.24, 2.45) is 4.99 Å². The van der Waals surface area contributed by atoms with E-state index in [9.17, 15) is 4.79 Å². The maximum Gasteiger partial charge on any atom is 0.250 e. The summed E-state index contributed by atoms with van der Waals surface area (Å²) < 4.78 is 7.12. The number of nitrogens with one attached hydrogen (secondary N) is 2. The fourth-order valence-electron chi connectivity index (χ4n) is 2.59. The monoisotopic (exact) mass is 487 g/mol. The van der Waals surface area contributed by atoms with Gasteiger partial charge in [-0.15, -0.1) is 24.0 Å². The highest BCUT2D eigenvalue weighted by Crippen LogP contribution is 2.13. The van der Waals surface area contributed by atoms with Gasteiger partial charge in [0.25, 0.3) is 5.56 Å². The molecule has 0 amide bonds. The van der Waals surface area contributed by atoms with Gasteiger partial charge in [0, 0.05) is 38.0 Å². The highest BCUT2D eigenvalue weighted by atomic mass is 127. The number of hydrogen-bond donors (Lipinski definition) is 2. The summed E-state index contributed by atoms with van der Waals surface area (Å²) >= 11 is 0. The van der Waals surface area contributed by atoms with E-state index in [0.717, 1.165) is 49.0 Å². The lowest BCUT2D eigenvalue weighted by molar-refractivity contribution is 0.372. The Morgan fingerprint density at radius 2 is 2.07 bits per heavy atom. The van der Waals surface area contributed by atoms with Crippen LogP contribution in [0.3, 0.4) is 0 Å². The van der Waals surface area contributed by atoms with Crippen LogP contribution < -0.4 is 16.2 Å². The number of guanidine groups is 1. The predicted octanol–water partition coefficient (Wildman–Crippen LogP) is 3.03. The first-order valence-corrected chi connectivity index (χ1v) is 9.07. The number of aromatic nitrogens is 2. The molecule has 0 aliphatic heterocycles. The molecule has 7 nitrogen and oxygen atoms in total. The largest absolute Gasteiger partial charge is 0.359 e. The zero-order valence-corrected chi connectivity index (χ0v) is 18.8. The van der Waals surface area contributed by atoms with E-state index < -0.39 is 0 Å². The molecule has 2 heterocycles. The molecule has 0 fully saturated rings. The zero-order valence-electron chi connectivity index (χ0n) is 16.5.